The molecule has 1 N–H and O–H groups in total. The largest absolute Gasteiger partial charge is 0.465 e. The highest BCUT2D eigenvalue weighted by Gasteiger charge is 2.39. The summed E-state index contributed by atoms with van der Waals surface area (Å²) in [5.74, 6) is -0.970. The fourth-order valence-corrected chi connectivity index (χ4v) is 3.30. The number of aliphatic hydroxyl groups excluding tert-OH is 1. The van der Waals surface area contributed by atoms with E-state index in [1.807, 2.05) is 20.8 Å². The lowest BCUT2D eigenvalue weighted by molar-refractivity contribution is -0.137. The van der Waals surface area contributed by atoms with Crippen molar-refractivity contribution in [1.29, 1.82) is 0 Å². The smallest absolute Gasteiger partial charge is 0.419 e. The third-order valence-corrected chi connectivity index (χ3v) is 4.87. The molecule has 27 heavy (non-hydrogen) atoms. The van der Waals surface area contributed by atoms with Crippen LogP contribution in [0.2, 0.25) is 5.15 Å². The third kappa shape index (κ3) is 4.64. The minimum atomic E-state index is -4.76. The summed E-state index contributed by atoms with van der Waals surface area (Å²) in [5.41, 5.74) is -1.69. The zero-order chi connectivity index (χ0) is 20.6. The molecule has 1 aromatic heterocycles. The second-order valence-electron chi connectivity index (χ2n) is 7.33. The van der Waals surface area contributed by atoms with Crippen LogP contribution in [0.1, 0.15) is 36.7 Å². The Morgan fingerprint density at radius 1 is 1.37 bits per heavy atom. The van der Waals surface area contributed by atoms with Crippen LogP contribution in [0.4, 0.5) is 19.0 Å². The Balaban J connectivity index is 2.50. The number of aliphatic hydroxyl groups is 1. The number of pyridine rings is 1. The molecule has 0 amide bonds. The third-order valence-electron chi connectivity index (χ3n) is 4.58. The molecule has 2 heterocycles. The molecule has 0 unspecified atom stereocenters. The second kappa shape index (κ2) is 7.81. The molecule has 152 valence electrons. The summed E-state index contributed by atoms with van der Waals surface area (Å²) in [5, 5.41) is 9.07. The number of methoxy groups -OCH3 is 1. The number of carbonyl (C=O) groups excluding carboxylic acids is 1. The average molecular weight is 410 g/mol. The van der Waals surface area contributed by atoms with Crippen LogP contribution in [-0.2, 0) is 10.9 Å². The molecule has 0 aliphatic carbocycles. The van der Waals surface area contributed by atoms with Crippen LogP contribution in [0.25, 0.3) is 0 Å². The number of rotatable bonds is 3. The van der Waals surface area contributed by atoms with Gasteiger partial charge in [0.05, 0.1) is 25.3 Å². The van der Waals surface area contributed by atoms with E-state index in [9.17, 15) is 23.1 Å². The minimum Gasteiger partial charge on any atom is -0.465 e. The van der Waals surface area contributed by atoms with E-state index in [4.69, 9.17) is 11.6 Å². The monoisotopic (exact) mass is 409 g/mol. The number of aromatic nitrogens is 1. The van der Waals surface area contributed by atoms with Crippen molar-refractivity contribution in [1.82, 2.24) is 9.88 Å². The van der Waals surface area contributed by atoms with Gasteiger partial charge in [-0.25, -0.2) is 9.78 Å². The van der Waals surface area contributed by atoms with Gasteiger partial charge in [0.25, 0.3) is 0 Å². The van der Waals surface area contributed by atoms with Crippen molar-refractivity contribution < 1.29 is 27.8 Å². The number of hydrogen-bond acceptors (Lipinski definition) is 6. The molecule has 2 rings (SSSR count). The van der Waals surface area contributed by atoms with Gasteiger partial charge in [0.15, 0.2) is 0 Å². The first-order valence-electron chi connectivity index (χ1n) is 8.38. The minimum absolute atomic E-state index is 0.0209. The van der Waals surface area contributed by atoms with E-state index in [1.54, 1.807) is 4.90 Å². The number of nitrogens with zero attached hydrogens (tertiary/aromatic N) is 3. The molecule has 0 bridgehead atoms. The summed E-state index contributed by atoms with van der Waals surface area (Å²) < 4.78 is 44.1. The van der Waals surface area contributed by atoms with Gasteiger partial charge in [-0.1, -0.05) is 11.6 Å². The van der Waals surface area contributed by atoms with Gasteiger partial charge in [-0.3, -0.25) is 4.90 Å². The van der Waals surface area contributed by atoms with Crippen molar-refractivity contribution in [2.45, 2.75) is 38.5 Å². The lowest BCUT2D eigenvalue weighted by atomic mass is 10.0. The highest BCUT2D eigenvalue weighted by atomic mass is 35.5. The van der Waals surface area contributed by atoms with Crippen LogP contribution >= 0.6 is 11.6 Å². The zero-order valence-corrected chi connectivity index (χ0v) is 16.4. The fraction of sp³-hybridized carbons (Fsp3) is 0.647. The highest BCUT2D eigenvalue weighted by Crippen LogP contribution is 2.37. The first-order valence-corrected chi connectivity index (χ1v) is 8.76. The molecule has 1 aliphatic rings. The van der Waals surface area contributed by atoms with Gasteiger partial charge < -0.3 is 14.7 Å². The van der Waals surface area contributed by atoms with Crippen molar-refractivity contribution in [3.05, 3.63) is 22.3 Å². The van der Waals surface area contributed by atoms with Crippen molar-refractivity contribution in [3.63, 3.8) is 0 Å². The molecule has 0 radical (unpaired) electrons. The van der Waals surface area contributed by atoms with E-state index < -0.39 is 28.9 Å². The molecule has 1 atom stereocenters. The maximum Gasteiger partial charge on any atom is 0.419 e. The standard InChI is InChI=1S/C17H23ClF3N3O3/c1-16(2,3)23-5-6-24(10(8-23)9-25)14-11(15(26)27-4)7-12(13(18)22-14)17(19,20)21/h7,10,25H,5-6,8-9H2,1-4H3/t10-/m1/s1. The number of piperazine rings is 1. The van der Waals surface area contributed by atoms with Crippen LogP contribution < -0.4 is 4.90 Å². The van der Waals surface area contributed by atoms with Crippen LogP contribution in [0, 0.1) is 0 Å². The molecular formula is C17H23ClF3N3O3. The lowest BCUT2D eigenvalue weighted by Crippen LogP contribution is -2.60. The van der Waals surface area contributed by atoms with Gasteiger partial charge in [0, 0.05) is 25.2 Å². The Labute approximate surface area is 160 Å². The van der Waals surface area contributed by atoms with E-state index in [0.717, 1.165) is 7.11 Å². The number of carbonyl (C=O) groups is 1. The number of alkyl halides is 3. The van der Waals surface area contributed by atoms with Crippen molar-refractivity contribution in [3.8, 4) is 0 Å². The number of hydrogen-bond donors (Lipinski definition) is 1. The molecule has 1 aliphatic heterocycles. The van der Waals surface area contributed by atoms with Gasteiger partial charge in [0.2, 0.25) is 0 Å². The Morgan fingerprint density at radius 2 is 2.00 bits per heavy atom. The molecular weight excluding hydrogens is 387 g/mol. The predicted molar refractivity (Wildman–Crippen MR) is 95.1 cm³/mol. The van der Waals surface area contributed by atoms with Crippen LogP contribution in [0.15, 0.2) is 6.07 Å². The maximum atomic E-state index is 13.2. The fourth-order valence-electron chi connectivity index (χ4n) is 3.06. The maximum absolute atomic E-state index is 13.2. The SMILES string of the molecule is COC(=O)c1cc(C(F)(F)F)c(Cl)nc1N1CCN(C(C)(C)C)C[C@@H]1CO. The summed E-state index contributed by atoms with van der Waals surface area (Å²) >= 11 is 5.76. The molecule has 1 saturated heterocycles. The van der Waals surface area contributed by atoms with Crippen molar-refractivity contribution in [2.24, 2.45) is 0 Å². The molecule has 0 spiro atoms. The summed E-state index contributed by atoms with van der Waals surface area (Å²) in [7, 11) is 1.08. The Kier molecular flexibility index (Phi) is 6.28. The van der Waals surface area contributed by atoms with Gasteiger partial charge in [-0.05, 0) is 26.8 Å². The molecule has 1 aromatic rings. The Morgan fingerprint density at radius 3 is 2.48 bits per heavy atom. The molecule has 10 heteroatoms. The summed E-state index contributed by atoms with van der Waals surface area (Å²) in [6.45, 7) is 7.25. The molecule has 0 saturated carbocycles. The van der Waals surface area contributed by atoms with E-state index in [0.29, 0.717) is 25.7 Å². The Bertz CT molecular complexity index is 707. The van der Waals surface area contributed by atoms with E-state index in [1.165, 1.54) is 0 Å². The van der Waals surface area contributed by atoms with Crippen LogP contribution in [0.5, 0.6) is 0 Å². The lowest BCUT2D eigenvalue weighted by Gasteiger charge is -2.47. The van der Waals surface area contributed by atoms with Gasteiger partial charge >= 0.3 is 12.1 Å². The summed E-state index contributed by atoms with van der Waals surface area (Å²) in [6, 6.07) is 0.197. The first kappa shape index (κ1) is 21.7. The molecule has 6 nitrogen and oxygen atoms in total. The van der Waals surface area contributed by atoms with E-state index >= 15 is 0 Å². The normalized spacial score (nSPS) is 19.3. The Hall–Kier alpha value is -1.58. The predicted octanol–water partition coefficient (Wildman–Crippen LogP) is 2.82. The quantitative estimate of drug-likeness (QED) is 0.611. The first-order chi connectivity index (χ1) is 12.4. The van der Waals surface area contributed by atoms with Gasteiger partial charge in [-0.15, -0.1) is 0 Å². The average Bonchev–Trinajstić information content (AvgIpc) is 2.58. The van der Waals surface area contributed by atoms with Crippen molar-refractivity contribution >= 4 is 23.4 Å². The van der Waals surface area contributed by atoms with Crippen LogP contribution in [0.3, 0.4) is 0 Å². The van der Waals surface area contributed by atoms with E-state index in [-0.39, 0.29) is 23.5 Å². The molecule has 1 fully saturated rings. The number of esters is 1. The van der Waals surface area contributed by atoms with Crippen molar-refractivity contribution in [2.75, 3.05) is 38.3 Å². The summed E-state index contributed by atoms with van der Waals surface area (Å²) in [6.07, 6.45) is -4.76. The second-order valence-corrected chi connectivity index (χ2v) is 7.69. The summed E-state index contributed by atoms with van der Waals surface area (Å²) in [4.78, 5) is 19.7. The van der Waals surface area contributed by atoms with Crippen LogP contribution in [-0.4, -0.2) is 65.9 Å². The number of anilines is 1. The number of ether oxygens (including phenoxy) is 1. The zero-order valence-electron chi connectivity index (χ0n) is 15.6. The number of halogens is 4. The molecule has 0 aromatic carbocycles. The highest BCUT2D eigenvalue weighted by molar-refractivity contribution is 6.30. The van der Waals surface area contributed by atoms with Gasteiger partial charge in [-0.2, -0.15) is 13.2 Å². The van der Waals surface area contributed by atoms with E-state index in [2.05, 4.69) is 14.6 Å². The topological polar surface area (TPSA) is 65.9 Å². The van der Waals surface area contributed by atoms with Gasteiger partial charge in [0.1, 0.15) is 16.5 Å².